The number of halogens is 2. The Morgan fingerprint density at radius 1 is 1.05 bits per heavy atom. The maximum atomic E-state index is 7.03. The third-order valence-electron chi connectivity index (χ3n) is 5.55. The standard InChI is InChI=1S/C17H30Cl2OSi/c1-12(2)21(13(3)4,14(5)6)20-16(11-17(16,18)19)15-9-7-8-10-15/h9,12-14H,7-8,10-11H2,1-6H3/t16-/m1/s1. The molecule has 0 aliphatic heterocycles. The summed E-state index contributed by atoms with van der Waals surface area (Å²) in [6.45, 7) is 13.9. The number of alkyl halides is 2. The van der Waals surface area contributed by atoms with Crippen molar-refractivity contribution in [3.05, 3.63) is 11.6 Å². The first-order valence-corrected chi connectivity index (χ1v) is 11.3. The van der Waals surface area contributed by atoms with Crippen LogP contribution in [0, 0.1) is 0 Å². The summed E-state index contributed by atoms with van der Waals surface area (Å²) in [7, 11) is -1.97. The third kappa shape index (κ3) is 2.75. The van der Waals surface area contributed by atoms with Crippen molar-refractivity contribution in [1.82, 2.24) is 0 Å². The Morgan fingerprint density at radius 2 is 1.52 bits per heavy atom. The molecule has 1 fully saturated rings. The summed E-state index contributed by atoms with van der Waals surface area (Å²) in [5.41, 5.74) is 2.65. The Kier molecular flexibility index (Phi) is 4.97. The van der Waals surface area contributed by atoms with Crippen LogP contribution in [0.4, 0.5) is 0 Å². The van der Waals surface area contributed by atoms with Crippen LogP contribution in [0.15, 0.2) is 11.6 Å². The van der Waals surface area contributed by atoms with E-state index in [2.05, 4.69) is 47.6 Å². The highest BCUT2D eigenvalue weighted by Crippen LogP contribution is 2.67. The van der Waals surface area contributed by atoms with E-state index in [1.54, 1.807) is 0 Å². The van der Waals surface area contributed by atoms with Crippen molar-refractivity contribution >= 4 is 31.5 Å². The largest absolute Gasteiger partial charge is 0.404 e. The van der Waals surface area contributed by atoms with Crippen molar-refractivity contribution < 1.29 is 4.43 Å². The van der Waals surface area contributed by atoms with Gasteiger partial charge in [0.15, 0.2) is 4.33 Å². The van der Waals surface area contributed by atoms with E-state index in [1.807, 2.05) is 0 Å². The summed E-state index contributed by atoms with van der Waals surface area (Å²) in [5.74, 6) is 0. The molecule has 1 saturated carbocycles. The molecule has 0 amide bonds. The van der Waals surface area contributed by atoms with Crippen molar-refractivity contribution in [2.24, 2.45) is 0 Å². The van der Waals surface area contributed by atoms with E-state index in [0.29, 0.717) is 16.6 Å². The lowest BCUT2D eigenvalue weighted by molar-refractivity contribution is 0.180. The number of allylic oxidation sites excluding steroid dienone is 1. The first kappa shape index (κ1) is 17.8. The van der Waals surface area contributed by atoms with Crippen LogP contribution in [-0.2, 0) is 4.43 Å². The molecular formula is C17H30Cl2OSi. The smallest absolute Gasteiger partial charge is 0.201 e. The molecule has 1 atom stereocenters. The molecule has 0 aromatic carbocycles. The van der Waals surface area contributed by atoms with E-state index in [4.69, 9.17) is 27.6 Å². The zero-order valence-corrected chi connectivity index (χ0v) is 16.8. The van der Waals surface area contributed by atoms with Crippen LogP contribution in [0.1, 0.15) is 67.2 Å². The molecule has 2 aliphatic carbocycles. The fourth-order valence-corrected chi connectivity index (χ4v) is 11.0. The summed E-state index contributed by atoms with van der Waals surface area (Å²) >= 11 is 13.2. The first-order valence-electron chi connectivity index (χ1n) is 8.37. The normalized spacial score (nSPS) is 28.6. The summed E-state index contributed by atoms with van der Waals surface area (Å²) < 4.78 is 6.30. The van der Waals surface area contributed by atoms with Gasteiger partial charge in [-0.05, 0) is 41.5 Å². The van der Waals surface area contributed by atoms with Crippen molar-refractivity contribution in [1.29, 1.82) is 0 Å². The lowest BCUT2D eigenvalue weighted by Gasteiger charge is -2.45. The minimum atomic E-state index is -1.97. The molecule has 122 valence electrons. The average molecular weight is 349 g/mol. The van der Waals surface area contributed by atoms with Gasteiger partial charge in [-0.2, -0.15) is 0 Å². The van der Waals surface area contributed by atoms with Crippen LogP contribution in [0.2, 0.25) is 16.6 Å². The summed E-state index contributed by atoms with van der Waals surface area (Å²) in [6, 6.07) is 0. The molecular weight excluding hydrogens is 319 g/mol. The second-order valence-corrected chi connectivity index (χ2v) is 14.6. The van der Waals surface area contributed by atoms with Gasteiger partial charge >= 0.3 is 0 Å². The molecule has 0 unspecified atom stereocenters. The van der Waals surface area contributed by atoms with E-state index in [9.17, 15) is 0 Å². The van der Waals surface area contributed by atoms with Gasteiger partial charge in [-0.15, -0.1) is 0 Å². The van der Waals surface area contributed by atoms with Crippen molar-refractivity contribution in [3.63, 3.8) is 0 Å². The van der Waals surface area contributed by atoms with Gasteiger partial charge in [-0.1, -0.05) is 70.8 Å². The van der Waals surface area contributed by atoms with Crippen LogP contribution in [0.3, 0.4) is 0 Å². The average Bonchev–Trinajstić information content (AvgIpc) is 2.77. The predicted octanol–water partition coefficient (Wildman–Crippen LogP) is 6.61. The van der Waals surface area contributed by atoms with Gasteiger partial charge in [0.2, 0.25) is 8.32 Å². The monoisotopic (exact) mass is 348 g/mol. The molecule has 0 spiro atoms. The summed E-state index contributed by atoms with van der Waals surface area (Å²) in [6.07, 6.45) is 6.54. The Labute approximate surface area is 141 Å². The van der Waals surface area contributed by atoms with Crippen molar-refractivity contribution in [3.8, 4) is 0 Å². The van der Waals surface area contributed by atoms with Crippen molar-refractivity contribution in [2.75, 3.05) is 0 Å². The van der Waals surface area contributed by atoms with Crippen LogP contribution < -0.4 is 0 Å². The molecule has 0 radical (unpaired) electrons. The highest BCUT2D eigenvalue weighted by Gasteiger charge is 2.72. The van der Waals surface area contributed by atoms with E-state index >= 15 is 0 Å². The molecule has 21 heavy (non-hydrogen) atoms. The molecule has 0 aromatic rings. The molecule has 4 heteroatoms. The van der Waals surface area contributed by atoms with Gasteiger partial charge in [-0.25, -0.2) is 0 Å². The van der Waals surface area contributed by atoms with Crippen LogP contribution in [0.5, 0.6) is 0 Å². The Bertz CT molecular complexity index is 407. The summed E-state index contributed by atoms with van der Waals surface area (Å²) in [5, 5.41) is 0. The topological polar surface area (TPSA) is 9.23 Å². The second-order valence-electron chi connectivity index (χ2n) is 7.75. The Balaban J connectivity index is 2.39. The maximum Gasteiger partial charge on any atom is 0.201 e. The predicted molar refractivity (Wildman–Crippen MR) is 95.9 cm³/mol. The lowest BCUT2D eigenvalue weighted by Crippen LogP contribution is -2.52. The maximum absolute atomic E-state index is 7.03. The molecule has 2 rings (SSSR count). The van der Waals surface area contributed by atoms with E-state index in [-0.39, 0.29) is 0 Å². The minimum Gasteiger partial charge on any atom is -0.404 e. The fraction of sp³-hybridized carbons (Fsp3) is 0.882. The SMILES string of the molecule is CC(C)[Si](O[C@@]1(C2=CCCC2)CC1(Cl)Cl)(C(C)C)C(C)C. The van der Waals surface area contributed by atoms with Crippen molar-refractivity contribution in [2.45, 2.75) is 93.8 Å². The first-order chi connectivity index (χ1) is 9.60. The number of rotatable bonds is 6. The Morgan fingerprint density at radius 3 is 1.81 bits per heavy atom. The molecule has 0 bridgehead atoms. The molecule has 1 nitrogen and oxygen atoms in total. The van der Waals surface area contributed by atoms with Gasteiger partial charge < -0.3 is 4.43 Å². The third-order valence-corrected chi connectivity index (χ3v) is 12.5. The zero-order chi connectivity index (χ0) is 16.1. The van der Waals surface area contributed by atoms with Gasteiger partial charge in [0.05, 0.1) is 0 Å². The van der Waals surface area contributed by atoms with Crippen LogP contribution in [0.25, 0.3) is 0 Å². The summed E-state index contributed by atoms with van der Waals surface area (Å²) in [4.78, 5) is 0. The lowest BCUT2D eigenvalue weighted by atomic mass is 10.1. The number of hydrogen-bond acceptors (Lipinski definition) is 1. The quantitative estimate of drug-likeness (QED) is 0.298. The van der Waals surface area contributed by atoms with Gasteiger partial charge in [-0.3, -0.25) is 0 Å². The second kappa shape index (κ2) is 5.85. The molecule has 0 N–H and O–H groups in total. The molecule has 0 saturated heterocycles. The van der Waals surface area contributed by atoms with Crippen LogP contribution in [-0.4, -0.2) is 18.3 Å². The van der Waals surface area contributed by atoms with Gasteiger partial charge in [0.25, 0.3) is 0 Å². The minimum absolute atomic E-state index is 0.391. The Hall–Kier alpha value is 0.497. The van der Waals surface area contributed by atoms with Gasteiger partial charge in [0.1, 0.15) is 5.60 Å². The molecule has 2 aliphatic rings. The van der Waals surface area contributed by atoms with E-state index < -0.39 is 18.3 Å². The molecule has 0 heterocycles. The van der Waals surface area contributed by atoms with Gasteiger partial charge in [0, 0.05) is 6.42 Å². The van der Waals surface area contributed by atoms with Crippen LogP contribution >= 0.6 is 23.2 Å². The molecule has 0 aromatic heterocycles. The number of hydrogen-bond donors (Lipinski definition) is 0. The van der Waals surface area contributed by atoms with E-state index in [1.165, 1.54) is 12.0 Å². The highest BCUT2D eigenvalue weighted by atomic mass is 35.5. The zero-order valence-electron chi connectivity index (χ0n) is 14.3. The highest BCUT2D eigenvalue weighted by molar-refractivity contribution is 6.78. The van der Waals surface area contributed by atoms with E-state index in [0.717, 1.165) is 19.3 Å². The fourth-order valence-electron chi connectivity index (χ4n) is 4.49.